The minimum absolute atomic E-state index is 0.175. The molecule has 0 atom stereocenters. The highest BCUT2D eigenvalue weighted by atomic mass is 35.5. The molecule has 0 unspecified atom stereocenters. The number of esters is 1. The average Bonchev–Trinajstić information content (AvgIpc) is 2.85. The van der Waals surface area contributed by atoms with E-state index in [1.807, 2.05) is 25.1 Å². The largest absolute Gasteiger partial charge is 0.490 e. The van der Waals surface area contributed by atoms with E-state index < -0.39 is 11.9 Å². The third kappa shape index (κ3) is 7.97. The number of hydrogen-bond acceptors (Lipinski definition) is 6. The van der Waals surface area contributed by atoms with Gasteiger partial charge < -0.3 is 14.2 Å². The fourth-order valence-electron chi connectivity index (χ4n) is 3.25. The molecule has 37 heavy (non-hydrogen) atoms. The van der Waals surface area contributed by atoms with Crippen LogP contribution in [0.25, 0.3) is 0 Å². The molecule has 0 aromatic heterocycles. The van der Waals surface area contributed by atoms with Gasteiger partial charge in [-0.2, -0.15) is 5.10 Å². The molecule has 0 heterocycles. The first-order valence-corrected chi connectivity index (χ1v) is 12.4. The molecule has 3 aromatic rings. The molecule has 9 heteroatoms. The number of nitrogens with one attached hydrogen (secondary N) is 1. The van der Waals surface area contributed by atoms with E-state index in [0.717, 1.165) is 11.1 Å². The van der Waals surface area contributed by atoms with Crippen molar-refractivity contribution in [2.75, 3.05) is 13.2 Å². The summed E-state index contributed by atoms with van der Waals surface area (Å²) in [5.41, 5.74) is 5.32. The molecule has 1 amide bonds. The van der Waals surface area contributed by atoms with E-state index in [4.69, 9.17) is 37.4 Å². The Hall–Kier alpha value is -3.55. The topological polar surface area (TPSA) is 86.2 Å². The van der Waals surface area contributed by atoms with Crippen molar-refractivity contribution < 1.29 is 23.8 Å². The zero-order valence-corrected chi connectivity index (χ0v) is 22.5. The van der Waals surface area contributed by atoms with E-state index in [1.165, 1.54) is 18.3 Å². The van der Waals surface area contributed by atoms with Crippen LogP contribution in [0, 0.1) is 6.92 Å². The van der Waals surface area contributed by atoms with Crippen molar-refractivity contribution in [2.24, 2.45) is 5.10 Å². The Balaban J connectivity index is 1.62. The van der Waals surface area contributed by atoms with Crippen LogP contribution in [-0.2, 0) is 4.79 Å². The van der Waals surface area contributed by atoms with E-state index in [9.17, 15) is 9.59 Å². The fraction of sp³-hybridized carbons (Fsp3) is 0.250. The standard InChI is InChI=1S/C28H28Cl2N2O5/c1-5-35-26-12-19(7-11-24(26)37-28(34)22-10-9-21(29)14-23(22)30)15-31-32-27(33)16-36-25-13-20(17(2)3)8-6-18(25)4/h6-15,17H,5,16H2,1-4H3,(H,32,33)/b31-15-. The van der Waals surface area contributed by atoms with Crippen LogP contribution in [0.2, 0.25) is 10.0 Å². The highest BCUT2D eigenvalue weighted by molar-refractivity contribution is 6.36. The maximum absolute atomic E-state index is 12.6. The number of halogens is 2. The third-order valence-electron chi connectivity index (χ3n) is 5.26. The van der Waals surface area contributed by atoms with Gasteiger partial charge in [0.15, 0.2) is 18.1 Å². The summed E-state index contributed by atoms with van der Waals surface area (Å²) < 4.78 is 16.8. The van der Waals surface area contributed by atoms with Gasteiger partial charge in [-0.15, -0.1) is 0 Å². The summed E-state index contributed by atoms with van der Waals surface area (Å²) in [5, 5.41) is 4.58. The molecule has 3 rings (SSSR count). The highest BCUT2D eigenvalue weighted by Crippen LogP contribution is 2.30. The van der Waals surface area contributed by atoms with Gasteiger partial charge in [-0.25, -0.2) is 10.2 Å². The van der Waals surface area contributed by atoms with Gasteiger partial charge in [-0.3, -0.25) is 4.79 Å². The number of carbonyl (C=O) groups is 2. The lowest BCUT2D eigenvalue weighted by Gasteiger charge is -2.12. The van der Waals surface area contributed by atoms with Crippen molar-refractivity contribution in [1.29, 1.82) is 0 Å². The molecule has 0 aliphatic heterocycles. The summed E-state index contributed by atoms with van der Waals surface area (Å²) in [7, 11) is 0. The van der Waals surface area contributed by atoms with E-state index >= 15 is 0 Å². The van der Waals surface area contributed by atoms with Gasteiger partial charge in [0.05, 0.1) is 23.4 Å². The summed E-state index contributed by atoms with van der Waals surface area (Å²) in [6.45, 7) is 8.10. The Kier molecular flexibility index (Phi) is 9.94. The van der Waals surface area contributed by atoms with Crippen LogP contribution in [0.4, 0.5) is 0 Å². The van der Waals surface area contributed by atoms with Crippen molar-refractivity contribution >= 4 is 41.3 Å². The number of hydrogen-bond donors (Lipinski definition) is 1. The molecule has 3 aromatic carbocycles. The lowest BCUT2D eigenvalue weighted by Crippen LogP contribution is -2.24. The molecular formula is C28H28Cl2N2O5. The summed E-state index contributed by atoms with van der Waals surface area (Å²) >= 11 is 12.0. The lowest BCUT2D eigenvalue weighted by molar-refractivity contribution is -0.123. The highest BCUT2D eigenvalue weighted by Gasteiger charge is 2.16. The minimum atomic E-state index is -0.648. The lowest BCUT2D eigenvalue weighted by atomic mass is 10.0. The van der Waals surface area contributed by atoms with Crippen LogP contribution in [0.1, 0.15) is 53.7 Å². The maximum atomic E-state index is 12.6. The monoisotopic (exact) mass is 542 g/mol. The molecule has 194 valence electrons. The van der Waals surface area contributed by atoms with E-state index in [2.05, 4.69) is 24.4 Å². The zero-order chi connectivity index (χ0) is 26.9. The Morgan fingerprint density at radius 1 is 0.973 bits per heavy atom. The number of ether oxygens (including phenoxy) is 3. The molecule has 0 aliphatic carbocycles. The Bertz CT molecular complexity index is 1310. The van der Waals surface area contributed by atoms with Crippen LogP contribution in [0.15, 0.2) is 59.7 Å². The number of amides is 1. The van der Waals surface area contributed by atoms with Crippen molar-refractivity contribution in [3.8, 4) is 17.2 Å². The predicted molar refractivity (Wildman–Crippen MR) is 146 cm³/mol. The van der Waals surface area contributed by atoms with Gasteiger partial charge in [0, 0.05) is 5.02 Å². The summed E-state index contributed by atoms with van der Waals surface area (Å²) in [4.78, 5) is 24.8. The van der Waals surface area contributed by atoms with Crippen molar-refractivity contribution in [2.45, 2.75) is 33.6 Å². The third-order valence-corrected chi connectivity index (χ3v) is 5.81. The molecule has 0 radical (unpaired) electrons. The van der Waals surface area contributed by atoms with Gasteiger partial charge in [0.1, 0.15) is 5.75 Å². The van der Waals surface area contributed by atoms with E-state index in [1.54, 1.807) is 31.2 Å². The van der Waals surface area contributed by atoms with Crippen LogP contribution >= 0.6 is 23.2 Å². The normalized spacial score (nSPS) is 11.0. The molecule has 1 N–H and O–H groups in total. The van der Waals surface area contributed by atoms with Gasteiger partial charge >= 0.3 is 5.97 Å². The molecule has 0 bridgehead atoms. The quantitative estimate of drug-likeness (QED) is 0.135. The van der Waals surface area contributed by atoms with Crippen LogP contribution in [-0.4, -0.2) is 31.3 Å². The van der Waals surface area contributed by atoms with Crippen molar-refractivity contribution in [1.82, 2.24) is 5.43 Å². The number of aryl methyl sites for hydroxylation is 1. The van der Waals surface area contributed by atoms with Crippen LogP contribution in [0.3, 0.4) is 0 Å². The summed E-state index contributed by atoms with van der Waals surface area (Å²) in [6, 6.07) is 15.4. The maximum Gasteiger partial charge on any atom is 0.345 e. The average molecular weight is 543 g/mol. The minimum Gasteiger partial charge on any atom is -0.490 e. The molecule has 0 fully saturated rings. The molecule has 0 spiro atoms. The molecule has 0 saturated carbocycles. The summed E-state index contributed by atoms with van der Waals surface area (Å²) in [5.74, 6) is 0.516. The smallest absolute Gasteiger partial charge is 0.345 e. The van der Waals surface area contributed by atoms with E-state index in [-0.39, 0.29) is 22.9 Å². The Morgan fingerprint density at radius 2 is 1.76 bits per heavy atom. The van der Waals surface area contributed by atoms with Gasteiger partial charge in [0.2, 0.25) is 0 Å². The van der Waals surface area contributed by atoms with Crippen molar-refractivity contribution in [3.05, 3.63) is 86.9 Å². The van der Waals surface area contributed by atoms with E-state index in [0.29, 0.717) is 34.6 Å². The number of nitrogens with zero attached hydrogens (tertiary/aromatic N) is 1. The second kappa shape index (κ2) is 13.1. The number of hydrazone groups is 1. The second-order valence-electron chi connectivity index (χ2n) is 8.41. The first-order valence-electron chi connectivity index (χ1n) is 11.7. The summed E-state index contributed by atoms with van der Waals surface area (Å²) in [6.07, 6.45) is 1.45. The second-order valence-corrected chi connectivity index (χ2v) is 9.26. The Morgan fingerprint density at radius 3 is 2.46 bits per heavy atom. The molecule has 7 nitrogen and oxygen atoms in total. The number of carbonyl (C=O) groups excluding carboxylic acids is 2. The van der Waals surface area contributed by atoms with Gasteiger partial charge in [-0.05, 0) is 78.9 Å². The first kappa shape index (κ1) is 28.0. The molecule has 0 aliphatic rings. The van der Waals surface area contributed by atoms with Crippen LogP contribution < -0.4 is 19.6 Å². The SMILES string of the molecule is CCOc1cc(/C=N\NC(=O)COc2cc(C(C)C)ccc2C)ccc1OC(=O)c1ccc(Cl)cc1Cl. The zero-order valence-electron chi connectivity index (χ0n) is 21.0. The van der Waals surface area contributed by atoms with Crippen LogP contribution in [0.5, 0.6) is 17.2 Å². The van der Waals surface area contributed by atoms with Gasteiger partial charge in [0.25, 0.3) is 5.91 Å². The fourth-order valence-corrected chi connectivity index (χ4v) is 3.74. The predicted octanol–water partition coefficient (Wildman–Crippen LogP) is 6.57. The molecule has 0 saturated heterocycles. The van der Waals surface area contributed by atoms with Crippen molar-refractivity contribution in [3.63, 3.8) is 0 Å². The Labute approximate surface area is 226 Å². The van der Waals surface area contributed by atoms with Gasteiger partial charge in [-0.1, -0.05) is 49.2 Å². The number of benzene rings is 3. The number of rotatable bonds is 10. The first-order chi connectivity index (χ1) is 17.7. The molecular weight excluding hydrogens is 515 g/mol.